The van der Waals surface area contributed by atoms with E-state index in [1.54, 1.807) is 0 Å². The summed E-state index contributed by atoms with van der Waals surface area (Å²) in [6.45, 7) is 2.31. The van der Waals surface area contributed by atoms with Crippen molar-refractivity contribution in [2.75, 3.05) is 5.32 Å². The molecule has 0 aliphatic carbocycles. The first-order valence-electron chi connectivity index (χ1n) is 6.63. The fourth-order valence-electron chi connectivity index (χ4n) is 2.34. The summed E-state index contributed by atoms with van der Waals surface area (Å²) in [5.41, 5.74) is 3.01. The molecule has 3 nitrogen and oxygen atoms in total. The molecule has 100 valence electrons. The lowest BCUT2D eigenvalue weighted by Crippen LogP contribution is -2.18. The summed E-state index contributed by atoms with van der Waals surface area (Å²) < 4.78 is 1.96. The number of benzene rings is 2. The predicted octanol–water partition coefficient (Wildman–Crippen LogP) is 3.59. The molecule has 3 rings (SSSR count). The maximum atomic E-state index is 12.1. The van der Waals surface area contributed by atoms with E-state index in [1.807, 2.05) is 72.3 Å². The normalized spacial score (nSPS) is 10.7. The van der Waals surface area contributed by atoms with Crippen LogP contribution >= 0.6 is 0 Å². The Morgan fingerprint density at radius 2 is 1.80 bits per heavy atom. The van der Waals surface area contributed by atoms with E-state index in [-0.39, 0.29) is 5.91 Å². The van der Waals surface area contributed by atoms with Gasteiger partial charge in [0.25, 0.3) is 0 Å². The Labute approximate surface area is 117 Å². The van der Waals surface area contributed by atoms with Crippen molar-refractivity contribution in [3.8, 4) is 0 Å². The third kappa shape index (κ3) is 2.43. The first-order chi connectivity index (χ1) is 9.74. The molecule has 0 saturated heterocycles. The second kappa shape index (κ2) is 5.21. The minimum Gasteiger partial charge on any atom is -0.338 e. The zero-order valence-corrected chi connectivity index (χ0v) is 11.3. The van der Waals surface area contributed by atoms with Crippen molar-refractivity contribution < 1.29 is 4.79 Å². The molecule has 1 heterocycles. The highest BCUT2D eigenvalue weighted by Crippen LogP contribution is 2.16. The lowest BCUT2D eigenvalue weighted by atomic mass is 10.2. The number of hydrogen-bond donors (Lipinski definition) is 1. The molecule has 0 aliphatic rings. The van der Waals surface area contributed by atoms with Crippen LogP contribution in [0.4, 0.5) is 5.69 Å². The molecule has 0 bridgehead atoms. The number of anilines is 1. The average molecular weight is 264 g/mol. The molecule has 0 radical (unpaired) electrons. The number of carbonyl (C=O) groups is 1. The summed E-state index contributed by atoms with van der Waals surface area (Å²) >= 11 is 0. The minimum absolute atomic E-state index is 0.0133. The first kappa shape index (κ1) is 12.5. The Morgan fingerprint density at radius 3 is 2.65 bits per heavy atom. The molecule has 3 aromatic rings. The van der Waals surface area contributed by atoms with Gasteiger partial charge < -0.3 is 9.88 Å². The van der Waals surface area contributed by atoms with E-state index in [0.717, 1.165) is 22.2 Å². The molecule has 0 aliphatic heterocycles. The number of nitrogens with zero attached hydrogens (tertiary/aromatic N) is 1. The molecule has 1 N–H and O–H groups in total. The highest BCUT2D eigenvalue weighted by atomic mass is 16.1. The molecular formula is C17H16N2O. The van der Waals surface area contributed by atoms with Crippen molar-refractivity contribution in [3.63, 3.8) is 0 Å². The van der Waals surface area contributed by atoms with Gasteiger partial charge in [0.2, 0.25) is 5.91 Å². The number of rotatable bonds is 3. The number of fused-ring (bicyclic) bond motifs is 1. The highest BCUT2D eigenvalue weighted by molar-refractivity contribution is 5.92. The van der Waals surface area contributed by atoms with Crippen LogP contribution < -0.4 is 5.32 Å². The van der Waals surface area contributed by atoms with E-state index in [2.05, 4.69) is 5.32 Å². The summed E-state index contributed by atoms with van der Waals surface area (Å²) in [5.74, 6) is -0.0133. The van der Waals surface area contributed by atoms with Crippen LogP contribution in [-0.4, -0.2) is 10.5 Å². The number of aryl methyl sites for hydroxylation is 1. The highest BCUT2D eigenvalue weighted by Gasteiger charge is 2.07. The SMILES string of the molecule is Cc1ccccc1NC(=O)Cn1ccc2ccccc21. The van der Waals surface area contributed by atoms with Gasteiger partial charge in [-0.2, -0.15) is 0 Å². The fraction of sp³-hybridized carbons (Fsp3) is 0.118. The van der Waals surface area contributed by atoms with Gasteiger partial charge in [0, 0.05) is 17.4 Å². The summed E-state index contributed by atoms with van der Waals surface area (Å²) in [6.07, 6.45) is 1.95. The molecule has 0 unspecified atom stereocenters. The summed E-state index contributed by atoms with van der Waals surface area (Å²) in [4.78, 5) is 12.1. The Balaban J connectivity index is 1.78. The number of amides is 1. The smallest absolute Gasteiger partial charge is 0.244 e. The van der Waals surface area contributed by atoms with Crippen molar-refractivity contribution in [2.24, 2.45) is 0 Å². The summed E-state index contributed by atoms with van der Waals surface area (Å²) in [7, 11) is 0. The van der Waals surface area contributed by atoms with E-state index < -0.39 is 0 Å². The Hall–Kier alpha value is -2.55. The first-order valence-corrected chi connectivity index (χ1v) is 6.63. The maximum absolute atomic E-state index is 12.1. The number of aromatic nitrogens is 1. The molecule has 3 heteroatoms. The van der Waals surface area contributed by atoms with Gasteiger partial charge in [-0.15, -0.1) is 0 Å². The van der Waals surface area contributed by atoms with Crippen LogP contribution in [0.25, 0.3) is 10.9 Å². The van der Waals surface area contributed by atoms with Crippen molar-refractivity contribution in [1.29, 1.82) is 0 Å². The largest absolute Gasteiger partial charge is 0.338 e. The molecule has 20 heavy (non-hydrogen) atoms. The number of nitrogens with one attached hydrogen (secondary N) is 1. The lowest BCUT2D eigenvalue weighted by molar-refractivity contribution is -0.116. The molecule has 0 saturated carbocycles. The van der Waals surface area contributed by atoms with E-state index in [9.17, 15) is 4.79 Å². The number of para-hydroxylation sites is 2. The summed E-state index contributed by atoms with van der Waals surface area (Å²) in [6, 6.07) is 17.9. The average Bonchev–Trinajstić information content (AvgIpc) is 2.85. The van der Waals surface area contributed by atoms with Gasteiger partial charge in [-0.3, -0.25) is 4.79 Å². The quantitative estimate of drug-likeness (QED) is 0.770. The predicted molar refractivity (Wildman–Crippen MR) is 81.7 cm³/mol. The van der Waals surface area contributed by atoms with Crippen LogP contribution in [0.15, 0.2) is 60.8 Å². The Kier molecular flexibility index (Phi) is 3.25. The van der Waals surface area contributed by atoms with Gasteiger partial charge in [0.1, 0.15) is 6.54 Å². The van der Waals surface area contributed by atoms with Crippen LogP contribution in [0, 0.1) is 6.92 Å². The lowest BCUT2D eigenvalue weighted by Gasteiger charge is -2.09. The van der Waals surface area contributed by atoms with Gasteiger partial charge in [-0.05, 0) is 36.1 Å². The molecule has 0 fully saturated rings. The monoisotopic (exact) mass is 264 g/mol. The van der Waals surface area contributed by atoms with E-state index in [0.29, 0.717) is 6.54 Å². The van der Waals surface area contributed by atoms with Crippen molar-refractivity contribution in [1.82, 2.24) is 4.57 Å². The molecular weight excluding hydrogens is 248 g/mol. The zero-order valence-electron chi connectivity index (χ0n) is 11.3. The van der Waals surface area contributed by atoms with E-state index in [1.165, 1.54) is 0 Å². The van der Waals surface area contributed by atoms with Crippen LogP contribution in [0.5, 0.6) is 0 Å². The summed E-state index contributed by atoms with van der Waals surface area (Å²) in [5, 5.41) is 4.10. The van der Waals surface area contributed by atoms with E-state index >= 15 is 0 Å². The molecule has 2 aromatic carbocycles. The zero-order chi connectivity index (χ0) is 13.9. The Bertz CT molecular complexity index is 758. The second-order valence-corrected chi connectivity index (χ2v) is 4.87. The van der Waals surface area contributed by atoms with Gasteiger partial charge in [-0.1, -0.05) is 36.4 Å². The molecule has 1 amide bonds. The topological polar surface area (TPSA) is 34.0 Å². The third-order valence-corrected chi connectivity index (χ3v) is 3.41. The maximum Gasteiger partial charge on any atom is 0.244 e. The van der Waals surface area contributed by atoms with Gasteiger partial charge in [0.05, 0.1) is 0 Å². The molecule has 0 atom stereocenters. The van der Waals surface area contributed by atoms with Crippen LogP contribution in [0.3, 0.4) is 0 Å². The van der Waals surface area contributed by atoms with Gasteiger partial charge in [-0.25, -0.2) is 0 Å². The standard InChI is InChI=1S/C17H16N2O/c1-13-6-2-4-8-15(13)18-17(20)12-19-11-10-14-7-3-5-9-16(14)19/h2-11H,12H2,1H3,(H,18,20). The van der Waals surface area contributed by atoms with Gasteiger partial charge >= 0.3 is 0 Å². The number of carbonyl (C=O) groups excluding carboxylic acids is 1. The second-order valence-electron chi connectivity index (χ2n) is 4.87. The number of hydrogen-bond acceptors (Lipinski definition) is 1. The van der Waals surface area contributed by atoms with Crippen molar-refractivity contribution >= 4 is 22.5 Å². The van der Waals surface area contributed by atoms with Crippen LogP contribution in [0.2, 0.25) is 0 Å². The molecule has 0 spiro atoms. The van der Waals surface area contributed by atoms with Crippen LogP contribution in [-0.2, 0) is 11.3 Å². The fourth-order valence-corrected chi connectivity index (χ4v) is 2.34. The minimum atomic E-state index is -0.0133. The molecule has 1 aromatic heterocycles. The van der Waals surface area contributed by atoms with E-state index in [4.69, 9.17) is 0 Å². The third-order valence-electron chi connectivity index (χ3n) is 3.41. The van der Waals surface area contributed by atoms with Gasteiger partial charge in [0.15, 0.2) is 0 Å². The van der Waals surface area contributed by atoms with Crippen molar-refractivity contribution in [3.05, 3.63) is 66.4 Å². The van der Waals surface area contributed by atoms with Crippen molar-refractivity contribution in [2.45, 2.75) is 13.5 Å². The Morgan fingerprint density at radius 1 is 1.05 bits per heavy atom. The van der Waals surface area contributed by atoms with Crippen LogP contribution in [0.1, 0.15) is 5.56 Å².